The summed E-state index contributed by atoms with van der Waals surface area (Å²) in [7, 11) is 1.93. The predicted molar refractivity (Wildman–Crippen MR) is 109 cm³/mol. The maximum atomic E-state index is 5.23. The number of allylic oxidation sites excluding steroid dienone is 7. The smallest absolute Gasteiger partial charge is 0.0375 e. The molecule has 1 saturated carbocycles. The van der Waals surface area contributed by atoms with Gasteiger partial charge in [0.2, 0.25) is 0 Å². The van der Waals surface area contributed by atoms with Crippen molar-refractivity contribution in [2.45, 2.75) is 66.2 Å². The van der Waals surface area contributed by atoms with Crippen LogP contribution in [0.2, 0.25) is 0 Å². The first-order valence-corrected chi connectivity index (χ1v) is 9.07. The topological polar surface area (TPSA) is 64.4 Å². The molecule has 0 aliphatic heterocycles. The summed E-state index contributed by atoms with van der Waals surface area (Å²) >= 11 is 0. The van der Waals surface area contributed by atoms with Crippen LogP contribution < -0.4 is 11.5 Å². The lowest BCUT2D eigenvalue weighted by molar-refractivity contribution is 0.440. The number of nitrogens with zero attached hydrogens (tertiary/aromatic N) is 1. The minimum atomic E-state index is 0.708. The van der Waals surface area contributed by atoms with Gasteiger partial charge in [0.05, 0.1) is 0 Å². The summed E-state index contributed by atoms with van der Waals surface area (Å²) in [6, 6.07) is 0. The number of aliphatic imine (C=N–C) groups is 1. The minimum Gasteiger partial charge on any atom is -0.405 e. The fraction of sp³-hybridized carbons (Fsp3) is 0.571. The van der Waals surface area contributed by atoms with E-state index in [2.05, 4.69) is 37.9 Å². The van der Waals surface area contributed by atoms with Gasteiger partial charge in [-0.3, -0.25) is 4.99 Å². The molecule has 1 rings (SSSR count). The molecule has 0 saturated heterocycles. The molecule has 0 atom stereocenters. The zero-order valence-electron chi connectivity index (χ0n) is 16.3. The van der Waals surface area contributed by atoms with Gasteiger partial charge in [0.15, 0.2) is 0 Å². The van der Waals surface area contributed by atoms with Crippen LogP contribution in [-0.4, -0.2) is 12.8 Å². The van der Waals surface area contributed by atoms with Crippen LogP contribution in [0.4, 0.5) is 0 Å². The molecule has 0 amide bonds. The summed E-state index contributed by atoms with van der Waals surface area (Å²) in [6.07, 6.45) is 17.3. The molecule has 0 aromatic carbocycles. The van der Waals surface area contributed by atoms with Crippen molar-refractivity contribution in [1.82, 2.24) is 0 Å². The van der Waals surface area contributed by atoms with E-state index in [1.165, 1.54) is 55.2 Å². The average molecular weight is 332 g/mol. The molecule has 0 radical (unpaired) electrons. The van der Waals surface area contributed by atoms with Crippen molar-refractivity contribution in [1.29, 1.82) is 0 Å². The van der Waals surface area contributed by atoms with E-state index in [1.807, 2.05) is 7.05 Å². The quantitative estimate of drug-likeness (QED) is 0.533. The fourth-order valence-electron chi connectivity index (χ4n) is 2.63. The second-order valence-corrected chi connectivity index (χ2v) is 6.43. The molecule has 0 aromatic heterocycles. The lowest BCUT2D eigenvalue weighted by Crippen LogP contribution is -2.15. The standard InChI is InChI=1S/C16H27N.C5H10N2/c1-5-13(2)14(3)11-12-16(17-4)15-9-7-6-8-10-15;1-5(7)3-2-4-6/h11-12,15H,5-10H2,1-4H3;2-4H,6-7H2,1H3/b12-11-,14-13+,17-16?;4-2-,5-3-. The Morgan fingerprint density at radius 3 is 2.12 bits per heavy atom. The second-order valence-electron chi connectivity index (χ2n) is 6.43. The first-order chi connectivity index (χ1) is 11.5. The fourth-order valence-corrected chi connectivity index (χ4v) is 2.63. The molecular weight excluding hydrogens is 294 g/mol. The van der Waals surface area contributed by atoms with Gasteiger partial charge < -0.3 is 11.5 Å². The largest absolute Gasteiger partial charge is 0.405 e. The predicted octanol–water partition coefficient (Wildman–Crippen LogP) is 5.26. The Labute approximate surface area is 149 Å². The molecule has 24 heavy (non-hydrogen) atoms. The highest BCUT2D eigenvalue weighted by Gasteiger charge is 2.16. The summed E-state index contributed by atoms with van der Waals surface area (Å²) in [4.78, 5) is 4.48. The van der Waals surface area contributed by atoms with Gasteiger partial charge in [-0.1, -0.05) is 43.4 Å². The van der Waals surface area contributed by atoms with Gasteiger partial charge in [-0.05, 0) is 64.5 Å². The summed E-state index contributed by atoms with van der Waals surface area (Å²) in [6.45, 7) is 8.43. The van der Waals surface area contributed by atoms with Gasteiger partial charge in [-0.25, -0.2) is 0 Å². The molecule has 1 aliphatic rings. The normalized spacial score (nSPS) is 18.5. The van der Waals surface area contributed by atoms with Gasteiger partial charge in [0.25, 0.3) is 0 Å². The Morgan fingerprint density at radius 2 is 1.71 bits per heavy atom. The average Bonchev–Trinajstić information content (AvgIpc) is 2.61. The number of nitrogens with two attached hydrogens (primary N) is 2. The van der Waals surface area contributed by atoms with Gasteiger partial charge in [0.1, 0.15) is 0 Å². The van der Waals surface area contributed by atoms with Crippen molar-refractivity contribution in [3.8, 4) is 0 Å². The Morgan fingerprint density at radius 1 is 1.08 bits per heavy atom. The maximum Gasteiger partial charge on any atom is 0.0375 e. The molecule has 0 heterocycles. The van der Waals surface area contributed by atoms with Crippen LogP contribution in [-0.2, 0) is 0 Å². The van der Waals surface area contributed by atoms with Crippen molar-refractivity contribution >= 4 is 5.71 Å². The van der Waals surface area contributed by atoms with Crippen LogP contribution in [0.1, 0.15) is 66.2 Å². The van der Waals surface area contributed by atoms with Gasteiger partial charge in [-0.15, -0.1) is 0 Å². The van der Waals surface area contributed by atoms with Crippen molar-refractivity contribution in [3.63, 3.8) is 0 Å². The summed E-state index contributed by atoms with van der Waals surface area (Å²) in [5.41, 5.74) is 15.2. The Hall–Kier alpha value is -1.77. The first kappa shape index (κ1) is 22.2. The van der Waals surface area contributed by atoms with E-state index in [1.54, 1.807) is 19.1 Å². The summed E-state index contributed by atoms with van der Waals surface area (Å²) in [5.74, 6) is 0.708. The van der Waals surface area contributed by atoms with Crippen LogP contribution in [0.25, 0.3) is 0 Å². The second kappa shape index (κ2) is 13.6. The monoisotopic (exact) mass is 331 g/mol. The number of rotatable bonds is 5. The van der Waals surface area contributed by atoms with Crippen molar-refractivity contribution in [2.24, 2.45) is 22.4 Å². The van der Waals surface area contributed by atoms with Crippen LogP contribution in [0.15, 0.2) is 52.3 Å². The van der Waals surface area contributed by atoms with E-state index in [4.69, 9.17) is 11.5 Å². The maximum absolute atomic E-state index is 5.23. The molecule has 4 N–H and O–H groups in total. The molecule has 136 valence electrons. The Bertz CT molecular complexity index is 483. The van der Waals surface area contributed by atoms with E-state index < -0.39 is 0 Å². The number of hydrogen-bond acceptors (Lipinski definition) is 3. The van der Waals surface area contributed by atoms with Gasteiger partial charge in [-0.2, -0.15) is 0 Å². The molecule has 0 bridgehead atoms. The molecule has 3 nitrogen and oxygen atoms in total. The first-order valence-electron chi connectivity index (χ1n) is 9.07. The Kier molecular flexibility index (Phi) is 12.6. The van der Waals surface area contributed by atoms with E-state index >= 15 is 0 Å². The minimum absolute atomic E-state index is 0.708. The highest BCUT2D eigenvalue weighted by Crippen LogP contribution is 2.25. The van der Waals surface area contributed by atoms with Crippen molar-refractivity contribution < 1.29 is 0 Å². The highest BCUT2D eigenvalue weighted by atomic mass is 14.7. The summed E-state index contributed by atoms with van der Waals surface area (Å²) in [5, 5.41) is 0. The third-order valence-electron chi connectivity index (χ3n) is 4.46. The Balaban J connectivity index is 0.000000640. The van der Waals surface area contributed by atoms with E-state index in [0.29, 0.717) is 5.92 Å². The van der Waals surface area contributed by atoms with Crippen LogP contribution >= 0.6 is 0 Å². The SMILES string of the molecule is C/C(N)=C/C=C\N.CC/C(C)=C(C)/C=C\C(=NC)C1CCCCC1. The van der Waals surface area contributed by atoms with E-state index in [0.717, 1.165) is 12.1 Å². The lowest BCUT2D eigenvalue weighted by Gasteiger charge is -2.21. The molecule has 1 aliphatic carbocycles. The summed E-state index contributed by atoms with van der Waals surface area (Å²) < 4.78 is 0. The third-order valence-corrected chi connectivity index (χ3v) is 4.46. The van der Waals surface area contributed by atoms with E-state index in [-0.39, 0.29) is 0 Å². The molecule has 3 heteroatoms. The molecule has 0 spiro atoms. The van der Waals surface area contributed by atoms with Gasteiger partial charge in [0, 0.05) is 24.4 Å². The number of hydrogen-bond donors (Lipinski definition) is 2. The van der Waals surface area contributed by atoms with Crippen molar-refractivity contribution in [2.75, 3.05) is 7.05 Å². The zero-order valence-corrected chi connectivity index (χ0v) is 16.3. The molecule has 0 aromatic rings. The molecule has 1 fully saturated rings. The lowest BCUT2D eigenvalue weighted by atomic mass is 9.85. The van der Waals surface area contributed by atoms with Crippen LogP contribution in [0.5, 0.6) is 0 Å². The third kappa shape index (κ3) is 10.1. The van der Waals surface area contributed by atoms with E-state index in [9.17, 15) is 0 Å². The van der Waals surface area contributed by atoms with Gasteiger partial charge >= 0.3 is 0 Å². The molecular formula is C21H37N3. The van der Waals surface area contributed by atoms with Crippen molar-refractivity contribution in [3.05, 3.63) is 47.3 Å². The molecule has 0 unspecified atom stereocenters. The highest BCUT2D eigenvalue weighted by molar-refractivity contribution is 5.97. The van der Waals surface area contributed by atoms with Crippen LogP contribution in [0, 0.1) is 5.92 Å². The van der Waals surface area contributed by atoms with Crippen LogP contribution in [0.3, 0.4) is 0 Å². The zero-order chi connectivity index (χ0) is 18.4.